The molecule has 0 aliphatic carbocycles. The molecular weight excluding hydrogens is 340 g/mol. The van der Waals surface area contributed by atoms with Crippen LogP contribution in [0.1, 0.15) is 39.4 Å². The first-order chi connectivity index (χ1) is 11.9. The second-order valence-electron chi connectivity index (χ2n) is 5.75. The molecule has 2 rings (SSSR count). The largest absolute Gasteiger partial charge is 0.481 e. The Labute approximate surface area is 149 Å². The highest BCUT2D eigenvalue weighted by Gasteiger charge is 2.21. The van der Waals surface area contributed by atoms with Crippen molar-refractivity contribution < 1.29 is 19.5 Å². The molecule has 0 fully saturated rings. The maximum atomic E-state index is 12.1. The van der Waals surface area contributed by atoms with Crippen LogP contribution in [0.25, 0.3) is 0 Å². The standard InChI is InChI=1S/C18H20N2O4S/c1-11(18(23)24)12(2)20-16(21)14-7-5-13(6-8-14)10-19-17(22)15-4-3-9-25-15/h3-9,11-12H,10H2,1-2H3,(H,19,22)(H,20,21)(H,23,24). The molecule has 25 heavy (non-hydrogen) atoms. The molecule has 0 spiro atoms. The van der Waals surface area contributed by atoms with Crippen LogP contribution >= 0.6 is 11.3 Å². The number of carboxylic acids is 1. The van der Waals surface area contributed by atoms with E-state index in [2.05, 4.69) is 10.6 Å². The minimum atomic E-state index is -0.954. The van der Waals surface area contributed by atoms with Crippen LogP contribution in [0.3, 0.4) is 0 Å². The summed E-state index contributed by atoms with van der Waals surface area (Å²) >= 11 is 1.38. The fourth-order valence-electron chi connectivity index (χ4n) is 2.08. The molecular formula is C18H20N2O4S. The van der Waals surface area contributed by atoms with Crippen molar-refractivity contribution in [2.24, 2.45) is 5.92 Å². The SMILES string of the molecule is CC(NC(=O)c1ccc(CNC(=O)c2cccs2)cc1)C(C)C(=O)O. The average Bonchev–Trinajstić information content (AvgIpc) is 3.13. The molecule has 0 aliphatic rings. The van der Waals surface area contributed by atoms with Gasteiger partial charge in [-0.25, -0.2) is 0 Å². The van der Waals surface area contributed by atoms with E-state index in [9.17, 15) is 14.4 Å². The molecule has 0 radical (unpaired) electrons. The van der Waals surface area contributed by atoms with Gasteiger partial charge in [0.25, 0.3) is 11.8 Å². The molecule has 1 aromatic carbocycles. The second-order valence-corrected chi connectivity index (χ2v) is 6.69. The van der Waals surface area contributed by atoms with Gasteiger partial charge in [-0.2, -0.15) is 0 Å². The van der Waals surface area contributed by atoms with E-state index in [-0.39, 0.29) is 11.8 Å². The van der Waals surface area contributed by atoms with Crippen molar-refractivity contribution in [1.82, 2.24) is 10.6 Å². The zero-order valence-electron chi connectivity index (χ0n) is 14.0. The minimum absolute atomic E-state index is 0.131. The van der Waals surface area contributed by atoms with E-state index >= 15 is 0 Å². The molecule has 1 heterocycles. The summed E-state index contributed by atoms with van der Waals surface area (Å²) in [7, 11) is 0. The van der Waals surface area contributed by atoms with E-state index in [0.29, 0.717) is 17.0 Å². The molecule has 2 aromatic rings. The Balaban J connectivity index is 1.89. The van der Waals surface area contributed by atoms with Gasteiger partial charge in [-0.3, -0.25) is 14.4 Å². The molecule has 2 atom stereocenters. The highest BCUT2D eigenvalue weighted by Crippen LogP contribution is 2.10. The zero-order valence-corrected chi connectivity index (χ0v) is 14.8. The summed E-state index contributed by atoms with van der Waals surface area (Å²) in [5.41, 5.74) is 1.31. The highest BCUT2D eigenvalue weighted by atomic mass is 32.1. The van der Waals surface area contributed by atoms with Gasteiger partial charge in [0, 0.05) is 18.2 Å². The first-order valence-corrected chi connectivity index (χ1v) is 8.70. The van der Waals surface area contributed by atoms with E-state index < -0.39 is 17.9 Å². The summed E-state index contributed by atoms with van der Waals surface area (Å²) in [6.45, 7) is 3.57. The number of nitrogens with one attached hydrogen (secondary N) is 2. The average molecular weight is 360 g/mol. The van der Waals surface area contributed by atoms with Crippen molar-refractivity contribution in [2.75, 3.05) is 0 Å². The topological polar surface area (TPSA) is 95.5 Å². The van der Waals surface area contributed by atoms with Crippen LogP contribution < -0.4 is 10.6 Å². The Hall–Kier alpha value is -2.67. The third kappa shape index (κ3) is 5.15. The van der Waals surface area contributed by atoms with Gasteiger partial charge in [-0.1, -0.05) is 18.2 Å². The van der Waals surface area contributed by atoms with Crippen LogP contribution in [0.4, 0.5) is 0 Å². The Morgan fingerprint density at radius 2 is 1.76 bits per heavy atom. The van der Waals surface area contributed by atoms with Crippen LogP contribution in [0.15, 0.2) is 41.8 Å². The quantitative estimate of drug-likeness (QED) is 0.707. The molecule has 0 saturated heterocycles. The summed E-state index contributed by atoms with van der Waals surface area (Å²) in [4.78, 5) is 35.6. The molecule has 0 saturated carbocycles. The van der Waals surface area contributed by atoms with Crippen molar-refractivity contribution >= 4 is 29.1 Å². The van der Waals surface area contributed by atoms with Gasteiger partial charge in [-0.15, -0.1) is 11.3 Å². The molecule has 132 valence electrons. The third-order valence-corrected chi connectivity index (χ3v) is 4.78. The number of rotatable bonds is 7. The molecule has 3 N–H and O–H groups in total. The predicted molar refractivity (Wildman–Crippen MR) is 95.7 cm³/mol. The van der Waals surface area contributed by atoms with Gasteiger partial charge in [-0.05, 0) is 43.0 Å². The number of amides is 2. The maximum absolute atomic E-state index is 12.1. The van der Waals surface area contributed by atoms with E-state index in [4.69, 9.17) is 5.11 Å². The summed E-state index contributed by atoms with van der Waals surface area (Å²) in [6, 6.07) is 9.92. The fourth-order valence-corrected chi connectivity index (χ4v) is 2.72. The van der Waals surface area contributed by atoms with Crippen LogP contribution in [-0.2, 0) is 11.3 Å². The lowest BCUT2D eigenvalue weighted by molar-refractivity contribution is -0.141. The number of hydrogen-bond acceptors (Lipinski definition) is 4. The Morgan fingerprint density at radius 3 is 2.32 bits per heavy atom. The lowest BCUT2D eigenvalue weighted by Crippen LogP contribution is -2.40. The third-order valence-electron chi connectivity index (χ3n) is 3.91. The summed E-state index contributed by atoms with van der Waals surface area (Å²) in [5.74, 6) is -2.08. The predicted octanol–water partition coefficient (Wildman–Crippen LogP) is 2.52. The van der Waals surface area contributed by atoms with Gasteiger partial charge in [0.05, 0.1) is 10.8 Å². The van der Waals surface area contributed by atoms with Crippen molar-refractivity contribution in [3.05, 3.63) is 57.8 Å². The van der Waals surface area contributed by atoms with Gasteiger partial charge in [0.1, 0.15) is 0 Å². The van der Waals surface area contributed by atoms with Crippen molar-refractivity contribution in [1.29, 1.82) is 0 Å². The monoisotopic (exact) mass is 360 g/mol. The van der Waals surface area contributed by atoms with Crippen molar-refractivity contribution in [3.63, 3.8) is 0 Å². The lowest BCUT2D eigenvalue weighted by Gasteiger charge is -2.17. The number of carboxylic acid groups (broad SMARTS) is 1. The van der Waals surface area contributed by atoms with Gasteiger partial charge >= 0.3 is 5.97 Å². The van der Waals surface area contributed by atoms with Crippen LogP contribution in [-0.4, -0.2) is 28.9 Å². The molecule has 2 unspecified atom stereocenters. The first-order valence-electron chi connectivity index (χ1n) is 7.83. The number of benzene rings is 1. The molecule has 1 aromatic heterocycles. The van der Waals surface area contributed by atoms with E-state index in [1.165, 1.54) is 11.3 Å². The summed E-state index contributed by atoms with van der Waals surface area (Å²) in [6.07, 6.45) is 0. The second kappa shape index (κ2) is 8.43. The lowest BCUT2D eigenvalue weighted by atomic mass is 10.0. The molecule has 0 aliphatic heterocycles. The van der Waals surface area contributed by atoms with E-state index in [0.717, 1.165) is 5.56 Å². The van der Waals surface area contributed by atoms with Crippen LogP contribution in [0.2, 0.25) is 0 Å². The van der Waals surface area contributed by atoms with Crippen molar-refractivity contribution in [3.8, 4) is 0 Å². The maximum Gasteiger partial charge on any atom is 0.308 e. The fraction of sp³-hybridized carbons (Fsp3) is 0.278. The van der Waals surface area contributed by atoms with E-state index in [1.54, 1.807) is 44.2 Å². The minimum Gasteiger partial charge on any atom is -0.481 e. The molecule has 7 heteroatoms. The number of aliphatic carboxylic acids is 1. The van der Waals surface area contributed by atoms with Gasteiger partial charge in [0.2, 0.25) is 0 Å². The number of carbonyl (C=O) groups excluding carboxylic acids is 2. The zero-order chi connectivity index (χ0) is 18.4. The Morgan fingerprint density at radius 1 is 1.08 bits per heavy atom. The molecule has 6 nitrogen and oxygen atoms in total. The number of thiophene rings is 1. The Kier molecular flexibility index (Phi) is 6.30. The first kappa shape index (κ1) is 18.7. The molecule has 0 bridgehead atoms. The molecule has 2 amide bonds. The normalized spacial score (nSPS) is 12.9. The van der Waals surface area contributed by atoms with Crippen molar-refractivity contribution in [2.45, 2.75) is 26.4 Å². The highest BCUT2D eigenvalue weighted by molar-refractivity contribution is 7.12. The number of hydrogen-bond donors (Lipinski definition) is 3. The Bertz CT molecular complexity index is 741. The van der Waals surface area contributed by atoms with Crippen LogP contribution in [0.5, 0.6) is 0 Å². The summed E-state index contributed by atoms with van der Waals surface area (Å²) in [5, 5.41) is 16.3. The smallest absolute Gasteiger partial charge is 0.308 e. The van der Waals surface area contributed by atoms with Gasteiger partial charge in [0.15, 0.2) is 0 Å². The number of carbonyl (C=O) groups is 3. The van der Waals surface area contributed by atoms with E-state index in [1.807, 2.05) is 11.4 Å². The van der Waals surface area contributed by atoms with Gasteiger partial charge < -0.3 is 15.7 Å². The van der Waals surface area contributed by atoms with Crippen LogP contribution in [0, 0.1) is 5.92 Å². The summed E-state index contributed by atoms with van der Waals surface area (Å²) < 4.78 is 0.